The standard InChI is InChI=1S/C14H7F6NO2/c15-13(16,17)11-5-4-9(7-22)12(21-11)8-2-1-3-10(6-8)23-14(18,19)20/h1-7H. The van der Waals surface area contributed by atoms with Crippen LogP contribution in [-0.4, -0.2) is 17.6 Å². The SMILES string of the molecule is O=Cc1ccc(C(F)(F)F)nc1-c1cccc(OC(F)(F)F)c1. The Labute approximate surface area is 125 Å². The van der Waals surface area contributed by atoms with E-state index in [2.05, 4.69) is 9.72 Å². The first-order valence-electron chi connectivity index (χ1n) is 6.00. The molecule has 0 fully saturated rings. The van der Waals surface area contributed by atoms with Crippen molar-refractivity contribution in [2.24, 2.45) is 0 Å². The molecule has 0 N–H and O–H groups in total. The van der Waals surface area contributed by atoms with E-state index in [9.17, 15) is 31.1 Å². The summed E-state index contributed by atoms with van der Waals surface area (Å²) in [7, 11) is 0. The number of halogens is 6. The molecule has 0 aliphatic heterocycles. The minimum Gasteiger partial charge on any atom is -0.406 e. The summed E-state index contributed by atoms with van der Waals surface area (Å²) in [5, 5.41) is 0. The van der Waals surface area contributed by atoms with Gasteiger partial charge in [0.1, 0.15) is 11.4 Å². The first-order chi connectivity index (χ1) is 10.6. The van der Waals surface area contributed by atoms with Gasteiger partial charge in [0.25, 0.3) is 0 Å². The number of aromatic nitrogens is 1. The quantitative estimate of drug-likeness (QED) is 0.613. The summed E-state index contributed by atoms with van der Waals surface area (Å²) in [6.07, 6.45) is -9.44. The van der Waals surface area contributed by atoms with Crippen LogP contribution in [-0.2, 0) is 6.18 Å². The van der Waals surface area contributed by atoms with Gasteiger partial charge in [0.2, 0.25) is 0 Å². The fraction of sp³-hybridized carbons (Fsp3) is 0.143. The summed E-state index contributed by atoms with van der Waals surface area (Å²) in [5.41, 5.74) is -1.95. The molecule has 3 nitrogen and oxygen atoms in total. The third-order valence-electron chi connectivity index (χ3n) is 2.68. The molecular formula is C14H7F6NO2. The Bertz CT molecular complexity index is 724. The van der Waals surface area contributed by atoms with Crippen LogP contribution < -0.4 is 4.74 Å². The van der Waals surface area contributed by atoms with Crippen LogP contribution in [0.1, 0.15) is 16.1 Å². The third-order valence-corrected chi connectivity index (χ3v) is 2.68. The van der Waals surface area contributed by atoms with Crippen molar-refractivity contribution in [3.63, 3.8) is 0 Å². The molecule has 0 radical (unpaired) electrons. The van der Waals surface area contributed by atoms with Crippen molar-refractivity contribution in [2.75, 3.05) is 0 Å². The number of nitrogens with zero attached hydrogens (tertiary/aromatic N) is 1. The first-order valence-corrected chi connectivity index (χ1v) is 6.00. The van der Waals surface area contributed by atoms with Crippen LogP contribution in [0.4, 0.5) is 26.3 Å². The molecule has 9 heteroatoms. The molecule has 0 unspecified atom stereocenters. The number of ether oxygens (including phenoxy) is 1. The number of hydrogen-bond donors (Lipinski definition) is 0. The van der Waals surface area contributed by atoms with Crippen LogP contribution in [0, 0.1) is 0 Å². The van der Waals surface area contributed by atoms with Crippen molar-refractivity contribution >= 4 is 6.29 Å². The highest BCUT2D eigenvalue weighted by atomic mass is 19.4. The molecule has 23 heavy (non-hydrogen) atoms. The number of carbonyl (C=O) groups is 1. The third kappa shape index (κ3) is 4.21. The van der Waals surface area contributed by atoms with Gasteiger partial charge in [-0.2, -0.15) is 13.2 Å². The van der Waals surface area contributed by atoms with E-state index in [1.165, 1.54) is 6.07 Å². The Hall–Kier alpha value is -2.58. The Kier molecular flexibility index (Phi) is 4.31. The zero-order chi connectivity index (χ0) is 17.3. The van der Waals surface area contributed by atoms with Crippen molar-refractivity contribution in [3.05, 3.63) is 47.7 Å². The molecule has 0 saturated carbocycles. The van der Waals surface area contributed by atoms with Crippen LogP contribution in [0.25, 0.3) is 11.3 Å². The summed E-state index contributed by atoms with van der Waals surface area (Å²) >= 11 is 0. The van der Waals surface area contributed by atoms with Gasteiger partial charge in [-0.15, -0.1) is 13.2 Å². The van der Waals surface area contributed by atoms with Gasteiger partial charge in [0.05, 0.1) is 5.69 Å². The molecule has 0 aliphatic rings. The molecule has 122 valence electrons. The number of aldehydes is 1. The van der Waals surface area contributed by atoms with Crippen LogP contribution in [0.5, 0.6) is 5.75 Å². The van der Waals surface area contributed by atoms with Gasteiger partial charge in [-0.1, -0.05) is 12.1 Å². The maximum Gasteiger partial charge on any atom is 0.573 e. The summed E-state index contributed by atoms with van der Waals surface area (Å²) in [5.74, 6) is -0.633. The van der Waals surface area contributed by atoms with Gasteiger partial charge in [-0.25, -0.2) is 4.98 Å². The molecule has 0 bridgehead atoms. The van der Waals surface area contributed by atoms with Gasteiger partial charge in [-0.05, 0) is 24.3 Å². The van der Waals surface area contributed by atoms with E-state index in [0.717, 1.165) is 24.3 Å². The van der Waals surface area contributed by atoms with Crippen LogP contribution in [0.2, 0.25) is 0 Å². The lowest BCUT2D eigenvalue weighted by molar-refractivity contribution is -0.274. The lowest BCUT2D eigenvalue weighted by atomic mass is 10.1. The Morgan fingerprint density at radius 1 is 1.00 bits per heavy atom. The van der Waals surface area contributed by atoms with Crippen molar-refractivity contribution in [1.82, 2.24) is 4.98 Å². The Balaban J connectivity index is 2.52. The number of carbonyl (C=O) groups excluding carboxylic acids is 1. The topological polar surface area (TPSA) is 39.2 Å². The number of benzene rings is 1. The van der Waals surface area contributed by atoms with E-state index < -0.39 is 24.0 Å². The summed E-state index contributed by atoms with van der Waals surface area (Å²) in [6, 6.07) is 5.71. The highest BCUT2D eigenvalue weighted by Crippen LogP contribution is 2.32. The first kappa shape index (κ1) is 16.8. The maximum atomic E-state index is 12.7. The minimum absolute atomic E-state index is 0.111. The molecule has 0 saturated heterocycles. The lowest BCUT2D eigenvalue weighted by Gasteiger charge is -2.12. The monoisotopic (exact) mass is 335 g/mol. The molecule has 0 aliphatic carbocycles. The second-order valence-electron chi connectivity index (χ2n) is 4.33. The summed E-state index contributed by atoms with van der Waals surface area (Å²) < 4.78 is 78.4. The van der Waals surface area contributed by atoms with Crippen molar-refractivity contribution in [2.45, 2.75) is 12.5 Å². The van der Waals surface area contributed by atoms with Crippen molar-refractivity contribution < 1.29 is 35.9 Å². The highest BCUT2D eigenvalue weighted by molar-refractivity contribution is 5.85. The number of hydrogen-bond acceptors (Lipinski definition) is 3. The van der Waals surface area contributed by atoms with Crippen molar-refractivity contribution in [3.8, 4) is 17.0 Å². The van der Waals surface area contributed by atoms with E-state index in [-0.39, 0.29) is 23.1 Å². The van der Waals surface area contributed by atoms with Crippen molar-refractivity contribution in [1.29, 1.82) is 0 Å². The van der Waals surface area contributed by atoms with Gasteiger partial charge < -0.3 is 4.74 Å². The van der Waals surface area contributed by atoms with E-state index in [4.69, 9.17) is 0 Å². The van der Waals surface area contributed by atoms with Crippen LogP contribution in [0.15, 0.2) is 36.4 Å². The smallest absolute Gasteiger partial charge is 0.406 e. The minimum atomic E-state index is -4.95. The average Bonchev–Trinajstić information content (AvgIpc) is 2.44. The van der Waals surface area contributed by atoms with E-state index in [1.807, 2.05) is 0 Å². The van der Waals surface area contributed by atoms with Gasteiger partial charge in [0.15, 0.2) is 6.29 Å². The maximum absolute atomic E-state index is 12.7. The van der Waals surface area contributed by atoms with Crippen LogP contribution in [0.3, 0.4) is 0 Å². The lowest BCUT2D eigenvalue weighted by Crippen LogP contribution is -2.17. The molecule has 0 amide bonds. The molecule has 1 aromatic carbocycles. The highest BCUT2D eigenvalue weighted by Gasteiger charge is 2.33. The summed E-state index contributed by atoms with van der Waals surface area (Å²) in [4.78, 5) is 14.3. The second kappa shape index (κ2) is 5.90. The average molecular weight is 335 g/mol. The summed E-state index contributed by atoms with van der Waals surface area (Å²) in [6.45, 7) is 0. The molecule has 2 rings (SSSR count). The fourth-order valence-electron chi connectivity index (χ4n) is 1.79. The largest absolute Gasteiger partial charge is 0.573 e. The predicted octanol–water partition coefficient (Wildman–Crippen LogP) is 4.48. The predicted molar refractivity (Wildman–Crippen MR) is 66.7 cm³/mol. The Morgan fingerprint density at radius 2 is 1.70 bits per heavy atom. The van der Waals surface area contributed by atoms with E-state index in [1.54, 1.807) is 0 Å². The molecule has 0 spiro atoms. The van der Waals surface area contributed by atoms with E-state index in [0.29, 0.717) is 6.07 Å². The normalized spacial score (nSPS) is 12.1. The van der Waals surface area contributed by atoms with Gasteiger partial charge >= 0.3 is 12.5 Å². The molecule has 1 heterocycles. The zero-order valence-corrected chi connectivity index (χ0v) is 11.1. The molecule has 1 aromatic heterocycles. The number of pyridine rings is 1. The molecular weight excluding hydrogens is 328 g/mol. The molecule has 0 atom stereocenters. The number of rotatable bonds is 3. The molecule has 2 aromatic rings. The van der Waals surface area contributed by atoms with E-state index >= 15 is 0 Å². The van der Waals surface area contributed by atoms with Gasteiger partial charge in [0, 0.05) is 11.1 Å². The van der Waals surface area contributed by atoms with Gasteiger partial charge in [-0.3, -0.25) is 4.79 Å². The zero-order valence-electron chi connectivity index (χ0n) is 11.1. The second-order valence-corrected chi connectivity index (χ2v) is 4.33. The Morgan fingerprint density at radius 3 is 2.26 bits per heavy atom. The number of alkyl halides is 6. The fourth-order valence-corrected chi connectivity index (χ4v) is 1.79. The van der Waals surface area contributed by atoms with Crippen LogP contribution >= 0.6 is 0 Å².